The van der Waals surface area contributed by atoms with E-state index < -0.39 is 83.1 Å². The van der Waals surface area contributed by atoms with Gasteiger partial charge in [0.2, 0.25) is 0 Å². The summed E-state index contributed by atoms with van der Waals surface area (Å²) in [5.74, 6) is -0.227. The summed E-state index contributed by atoms with van der Waals surface area (Å²) < 4.78 is 88.2. The molecule has 6 aliphatic rings. The second-order valence-electron chi connectivity index (χ2n) is 30.3. The van der Waals surface area contributed by atoms with Gasteiger partial charge in [0, 0.05) is 0 Å². The summed E-state index contributed by atoms with van der Waals surface area (Å²) in [4.78, 5) is 62.6. The third kappa shape index (κ3) is 17.0. The zero-order valence-corrected chi connectivity index (χ0v) is 64.4. The third-order valence-electron chi connectivity index (χ3n) is 23.0. The largest absolute Gasteiger partial charge is 0.477 e. The van der Waals surface area contributed by atoms with Crippen LogP contribution in [0.1, 0.15) is 132 Å². The van der Waals surface area contributed by atoms with Crippen molar-refractivity contribution in [1.29, 1.82) is 0 Å². The van der Waals surface area contributed by atoms with Gasteiger partial charge in [-0.25, -0.2) is 0 Å². The molecule has 0 radical (unpaired) electrons. The molecule has 5 unspecified atom stereocenters. The van der Waals surface area contributed by atoms with Crippen LogP contribution in [0.4, 0.5) is 0 Å². The van der Waals surface area contributed by atoms with Crippen LogP contribution in [-0.4, -0.2) is 127 Å². The number of esters is 4. The van der Waals surface area contributed by atoms with Gasteiger partial charge in [0.05, 0.1) is 60.0 Å². The van der Waals surface area contributed by atoms with Crippen molar-refractivity contribution < 1.29 is 78.9 Å². The second-order valence-corrected chi connectivity index (χ2v) is 39.2. The van der Waals surface area contributed by atoms with E-state index in [1.54, 1.807) is 0 Å². The maximum Gasteiger partial charge on any atom is 0.409 e. The first kappa shape index (κ1) is 77.2. The molecule has 6 aromatic rings. The fraction of sp³-hybridized carbons (Fsp3) is 0.494. The van der Waals surface area contributed by atoms with Gasteiger partial charge in [-0.1, -0.05) is 216 Å². The van der Waals surface area contributed by atoms with E-state index in [4.69, 9.17) is 59.7 Å². The van der Waals surface area contributed by atoms with Gasteiger partial charge in [-0.2, -0.15) is 0 Å². The number of ether oxygens (including phenoxy) is 7. The average molecular weight is 1460 g/mol. The van der Waals surface area contributed by atoms with Crippen LogP contribution < -0.4 is 31.1 Å². The van der Waals surface area contributed by atoms with E-state index in [1.807, 2.05) is 224 Å². The molecule has 6 fully saturated rings. The lowest BCUT2D eigenvalue weighted by Crippen LogP contribution is -2.64. The molecule has 2 saturated heterocycles. The second kappa shape index (κ2) is 34.1. The van der Waals surface area contributed by atoms with Crippen LogP contribution in [0.3, 0.4) is 0 Å². The molecule has 6 aromatic carbocycles. The van der Waals surface area contributed by atoms with Crippen LogP contribution >= 0.6 is 0 Å². The standard InChI is InChI=1S/C83H106O17Si3/c1-10-79(6)54-67(92-60-98-102(71-35-23-15-24-36-71,72-37-25-16-26-38-72)95-46-43-89-75(79)84)55-81(8)56-68(93-61-99-103(73-39-27-17-28-40-73,74-41-29-18-30-42-74)96-47-44-90-76(81)85)57-82(9,58-80(7,11-2)78(87)100-83(62(4)5)65-50-63-49-64(52-65)53-66(83)51-63)77(86)91-45-48-94-101(97-59-88-12-3,69-31-19-13-20-32-69)70-33-21-14-22-34-70/h12-42,62-68H,3,10-11,43-61H2,1-2,4-9H3/t63?,64?,65?,66?,67?,68-,79?,80?,81?,82?,83?/m1/s1. The van der Waals surface area contributed by atoms with Crippen molar-refractivity contribution in [2.75, 3.05) is 60.0 Å². The molecule has 17 nitrogen and oxygen atoms in total. The Kier molecular flexibility index (Phi) is 25.6. The van der Waals surface area contributed by atoms with Gasteiger partial charge < -0.3 is 59.7 Å². The first-order valence-electron chi connectivity index (χ1n) is 37.1. The molecule has 0 aromatic heterocycles. The van der Waals surface area contributed by atoms with E-state index in [2.05, 4.69) is 20.4 Å². The van der Waals surface area contributed by atoms with Gasteiger partial charge in [0.1, 0.15) is 39.0 Å². The number of rotatable bonds is 26. The van der Waals surface area contributed by atoms with E-state index in [-0.39, 0.29) is 116 Å². The molecule has 4 aliphatic carbocycles. The highest BCUT2D eigenvalue weighted by atomic mass is 28.4. The summed E-state index contributed by atoms with van der Waals surface area (Å²) >= 11 is 0. The van der Waals surface area contributed by atoms with Gasteiger partial charge in [0.15, 0.2) is 6.79 Å². The van der Waals surface area contributed by atoms with Crippen LogP contribution in [0.5, 0.6) is 0 Å². The Morgan fingerprint density at radius 2 is 1.00 bits per heavy atom. The first-order valence-corrected chi connectivity index (χ1v) is 42.5. The molecule has 103 heavy (non-hydrogen) atoms. The maximum atomic E-state index is 16.2. The van der Waals surface area contributed by atoms with Gasteiger partial charge >= 0.3 is 49.6 Å². The van der Waals surface area contributed by atoms with E-state index >= 15 is 14.4 Å². The smallest absolute Gasteiger partial charge is 0.409 e. The fourth-order valence-electron chi connectivity index (χ4n) is 17.5. The van der Waals surface area contributed by atoms with Crippen LogP contribution in [0.15, 0.2) is 195 Å². The quantitative estimate of drug-likeness (QED) is 0.0124. The lowest BCUT2D eigenvalue weighted by molar-refractivity contribution is -0.233. The topological polar surface area (TPSA) is 188 Å². The summed E-state index contributed by atoms with van der Waals surface area (Å²) in [5.41, 5.74) is -6.10. The molecular weight excluding hydrogens is 1350 g/mol. The lowest BCUT2D eigenvalue weighted by atomic mass is 9.47. The Bertz CT molecular complexity index is 3580. The highest BCUT2D eigenvalue weighted by Crippen LogP contribution is 2.62. The Balaban J connectivity index is 0.985. The number of hydrogen-bond donors (Lipinski definition) is 0. The molecule has 552 valence electrons. The van der Waals surface area contributed by atoms with E-state index in [0.717, 1.165) is 56.8 Å². The summed E-state index contributed by atoms with van der Waals surface area (Å²) in [5, 5.41) is 4.83. The normalized spacial score (nSPS) is 27.3. The number of benzene rings is 6. The summed E-state index contributed by atoms with van der Waals surface area (Å²) in [7, 11) is -10.9. The summed E-state index contributed by atoms with van der Waals surface area (Å²) in [6.07, 6.45) is 5.37. The van der Waals surface area contributed by atoms with E-state index in [9.17, 15) is 4.79 Å². The fourth-order valence-corrected chi connectivity index (χ4v) is 26.4. The predicted octanol–water partition coefficient (Wildman–Crippen LogP) is 11.5. The Morgan fingerprint density at radius 3 is 1.44 bits per heavy atom. The molecule has 2 aliphatic heterocycles. The van der Waals surface area contributed by atoms with Crippen molar-refractivity contribution in [3.63, 3.8) is 0 Å². The monoisotopic (exact) mass is 1460 g/mol. The maximum absolute atomic E-state index is 16.2. The van der Waals surface area contributed by atoms with Crippen LogP contribution in [0, 0.1) is 51.2 Å². The van der Waals surface area contributed by atoms with Crippen molar-refractivity contribution in [3.8, 4) is 0 Å². The first-order chi connectivity index (χ1) is 49.7. The third-order valence-corrected chi connectivity index (χ3v) is 32.9. The number of carbonyl (C=O) groups is 4. The van der Waals surface area contributed by atoms with Crippen molar-refractivity contribution in [3.05, 3.63) is 195 Å². The van der Waals surface area contributed by atoms with Crippen LogP contribution in [0.25, 0.3) is 0 Å². The Morgan fingerprint density at radius 1 is 0.563 bits per heavy atom. The molecule has 20 heteroatoms. The van der Waals surface area contributed by atoms with E-state index in [0.29, 0.717) is 24.7 Å². The summed E-state index contributed by atoms with van der Waals surface area (Å²) in [6, 6.07) is 58.3. The van der Waals surface area contributed by atoms with Crippen molar-refractivity contribution in [1.82, 2.24) is 0 Å². The van der Waals surface area contributed by atoms with E-state index in [1.165, 1.54) is 12.7 Å². The predicted molar refractivity (Wildman–Crippen MR) is 400 cm³/mol. The number of cyclic esters (lactones) is 2. The molecule has 0 amide bonds. The van der Waals surface area contributed by atoms with Gasteiger partial charge in [-0.3, -0.25) is 19.2 Å². The van der Waals surface area contributed by atoms with Gasteiger partial charge in [0.25, 0.3) is 0 Å². The van der Waals surface area contributed by atoms with Crippen molar-refractivity contribution >= 4 is 80.7 Å². The minimum absolute atomic E-state index is 0.0222. The Labute approximate surface area is 612 Å². The van der Waals surface area contributed by atoms with Gasteiger partial charge in [-0.05, 0) is 165 Å². The van der Waals surface area contributed by atoms with Crippen LogP contribution in [0.2, 0.25) is 0 Å². The molecule has 6 atom stereocenters. The van der Waals surface area contributed by atoms with Crippen molar-refractivity contribution in [2.45, 2.75) is 150 Å². The van der Waals surface area contributed by atoms with Crippen molar-refractivity contribution in [2.24, 2.45) is 51.2 Å². The van der Waals surface area contributed by atoms with Crippen LogP contribution in [-0.2, 0) is 78.9 Å². The highest BCUT2D eigenvalue weighted by molar-refractivity contribution is 6.93. The molecular formula is C83H106O17Si3. The zero-order valence-electron chi connectivity index (χ0n) is 61.4. The Hall–Kier alpha value is -6.93. The highest BCUT2D eigenvalue weighted by Gasteiger charge is 2.62. The lowest BCUT2D eigenvalue weighted by Gasteiger charge is -2.62. The van der Waals surface area contributed by atoms with Gasteiger partial charge in [-0.15, -0.1) is 0 Å². The molecule has 12 rings (SSSR count). The SMILES string of the molecule is C=COCO[Si](OCCOC(=O)C(C)(C[C@H]1CC(C)(CC2CC(C)(CC)C(=O)OCCO[Si](c3ccccc3)(c3ccccc3)OCO2)C(=O)OCCO[Si](c2ccccc2)(c2ccccc2)OCO1)CC(C)(CC)C(=O)OC1(C(C)C)C2CC3CC(C2)CC1C3)(c1ccccc1)c1ccccc1. The molecule has 2 heterocycles. The molecule has 0 N–H and O–H groups in total. The molecule has 0 spiro atoms. The molecule has 4 bridgehead atoms. The molecule has 4 saturated carbocycles. The minimum atomic E-state index is -3.72. The number of hydrogen-bond acceptors (Lipinski definition) is 17. The minimum Gasteiger partial charge on any atom is -0.477 e. The summed E-state index contributed by atoms with van der Waals surface area (Å²) in [6.45, 7) is 18.2. The zero-order chi connectivity index (χ0) is 72.8. The average Bonchev–Trinajstić information content (AvgIpc) is 0.715. The number of carbonyl (C=O) groups excluding carboxylic acids is 4.